The average molecular weight is 353 g/mol. The van der Waals surface area contributed by atoms with Gasteiger partial charge >= 0.3 is 5.97 Å². The normalized spacial score (nSPS) is 13.7. The second-order valence-electron chi connectivity index (χ2n) is 6.58. The molecule has 1 aliphatic rings. The largest absolute Gasteiger partial charge is 0.496 e. The molecule has 1 amide bonds. The van der Waals surface area contributed by atoms with Crippen LogP contribution in [0.2, 0.25) is 0 Å². The van der Waals surface area contributed by atoms with E-state index in [0.29, 0.717) is 11.3 Å². The minimum atomic E-state index is -0.916. The van der Waals surface area contributed by atoms with Crippen LogP contribution in [-0.2, 0) is 22.4 Å². The fourth-order valence-corrected chi connectivity index (χ4v) is 3.15. The van der Waals surface area contributed by atoms with Gasteiger partial charge in [-0.05, 0) is 68.5 Å². The van der Waals surface area contributed by atoms with Crippen molar-refractivity contribution in [3.8, 4) is 5.75 Å². The maximum atomic E-state index is 12.4. The van der Waals surface area contributed by atoms with Crippen LogP contribution in [0.4, 0.5) is 5.69 Å². The van der Waals surface area contributed by atoms with Gasteiger partial charge in [0.1, 0.15) is 11.3 Å². The number of benzene rings is 2. The van der Waals surface area contributed by atoms with Crippen LogP contribution in [0.25, 0.3) is 0 Å². The number of rotatable bonds is 5. The van der Waals surface area contributed by atoms with Crippen LogP contribution in [0.3, 0.4) is 0 Å². The molecule has 0 saturated carbocycles. The van der Waals surface area contributed by atoms with Crippen molar-refractivity contribution in [3.05, 3.63) is 58.7 Å². The molecule has 0 aromatic heterocycles. The number of ether oxygens (including phenoxy) is 2. The van der Waals surface area contributed by atoms with E-state index in [4.69, 9.17) is 9.47 Å². The van der Waals surface area contributed by atoms with Gasteiger partial charge < -0.3 is 14.8 Å². The zero-order chi connectivity index (χ0) is 18.7. The van der Waals surface area contributed by atoms with Crippen molar-refractivity contribution < 1.29 is 19.1 Å². The number of carbonyl (C=O) groups excluding carboxylic acids is 2. The second-order valence-corrected chi connectivity index (χ2v) is 6.58. The Bertz CT molecular complexity index is 844. The first-order valence-corrected chi connectivity index (χ1v) is 8.76. The summed E-state index contributed by atoms with van der Waals surface area (Å²) in [5.74, 6) is -0.517. The summed E-state index contributed by atoms with van der Waals surface area (Å²) in [5, 5.41) is 2.82. The van der Waals surface area contributed by atoms with Crippen molar-refractivity contribution in [1.29, 1.82) is 0 Å². The lowest BCUT2D eigenvalue weighted by Gasteiger charge is -2.15. The summed E-state index contributed by atoms with van der Waals surface area (Å²) in [5.41, 5.74) is 4.57. The molecule has 0 bridgehead atoms. The number of anilines is 1. The van der Waals surface area contributed by atoms with E-state index < -0.39 is 12.1 Å². The molecule has 0 fully saturated rings. The molecule has 3 rings (SSSR count). The van der Waals surface area contributed by atoms with Gasteiger partial charge in [0.15, 0.2) is 6.10 Å². The fourth-order valence-electron chi connectivity index (χ4n) is 3.15. The van der Waals surface area contributed by atoms with Gasteiger partial charge in [-0.15, -0.1) is 0 Å². The van der Waals surface area contributed by atoms with Crippen LogP contribution in [-0.4, -0.2) is 25.1 Å². The van der Waals surface area contributed by atoms with Gasteiger partial charge in [-0.3, -0.25) is 4.79 Å². The number of nitrogens with one attached hydrogen (secondary N) is 1. The van der Waals surface area contributed by atoms with Gasteiger partial charge in [0.2, 0.25) is 0 Å². The van der Waals surface area contributed by atoms with E-state index in [9.17, 15) is 9.59 Å². The summed E-state index contributed by atoms with van der Waals surface area (Å²) in [6.07, 6.45) is 2.37. The van der Waals surface area contributed by atoms with Crippen molar-refractivity contribution in [3.63, 3.8) is 0 Å². The highest BCUT2D eigenvalue weighted by molar-refractivity contribution is 5.98. The van der Waals surface area contributed by atoms with E-state index >= 15 is 0 Å². The molecule has 26 heavy (non-hydrogen) atoms. The maximum Gasteiger partial charge on any atom is 0.342 e. The van der Waals surface area contributed by atoms with E-state index in [1.54, 1.807) is 19.1 Å². The lowest BCUT2D eigenvalue weighted by atomic mass is 10.1. The quantitative estimate of drug-likeness (QED) is 0.833. The molecule has 2 aromatic rings. The second kappa shape index (κ2) is 7.60. The van der Waals surface area contributed by atoms with Crippen LogP contribution in [0, 0.1) is 6.92 Å². The minimum Gasteiger partial charge on any atom is -0.496 e. The first-order chi connectivity index (χ1) is 12.5. The highest BCUT2D eigenvalue weighted by Crippen LogP contribution is 2.25. The molecule has 1 aliphatic carbocycles. The third-order valence-corrected chi connectivity index (χ3v) is 4.59. The third-order valence-electron chi connectivity index (χ3n) is 4.59. The first kappa shape index (κ1) is 18.0. The van der Waals surface area contributed by atoms with E-state index in [2.05, 4.69) is 5.32 Å². The molecule has 0 radical (unpaired) electrons. The van der Waals surface area contributed by atoms with Crippen molar-refractivity contribution in [2.75, 3.05) is 12.4 Å². The molecular weight excluding hydrogens is 330 g/mol. The summed E-state index contributed by atoms with van der Waals surface area (Å²) in [7, 11) is 1.49. The summed E-state index contributed by atoms with van der Waals surface area (Å²) < 4.78 is 10.5. The van der Waals surface area contributed by atoms with E-state index in [1.807, 2.05) is 31.2 Å². The lowest BCUT2D eigenvalue weighted by Crippen LogP contribution is -2.30. The molecule has 1 atom stereocenters. The fraction of sp³-hybridized carbons (Fsp3) is 0.333. The van der Waals surface area contributed by atoms with E-state index in [-0.39, 0.29) is 5.91 Å². The number of methoxy groups -OCH3 is 1. The predicted molar refractivity (Wildman–Crippen MR) is 99.7 cm³/mol. The van der Waals surface area contributed by atoms with Crippen molar-refractivity contribution in [2.45, 2.75) is 39.2 Å². The van der Waals surface area contributed by atoms with Crippen molar-refractivity contribution in [2.24, 2.45) is 0 Å². The summed E-state index contributed by atoms with van der Waals surface area (Å²) in [4.78, 5) is 24.8. The number of amides is 1. The molecule has 0 unspecified atom stereocenters. The smallest absolute Gasteiger partial charge is 0.342 e. The average Bonchev–Trinajstić information content (AvgIpc) is 3.09. The molecule has 0 saturated heterocycles. The number of carbonyl (C=O) groups is 2. The number of hydrogen-bond donors (Lipinski definition) is 1. The van der Waals surface area contributed by atoms with Crippen molar-refractivity contribution in [1.82, 2.24) is 0 Å². The topological polar surface area (TPSA) is 64.6 Å². The Morgan fingerprint density at radius 3 is 2.62 bits per heavy atom. The van der Waals surface area contributed by atoms with Crippen LogP contribution >= 0.6 is 0 Å². The maximum absolute atomic E-state index is 12.4. The van der Waals surface area contributed by atoms with Gasteiger partial charge in [-0.25, -0.2) is 4.79 Å². The van der Waals surface area contributed by atoms with Gasteiger partial charge in [0, 0.05) is 5.69 Å². The Hall–Kier alpha value is -2.82. The summed E-state index contributed by atoms with van der Waals surface area (Å²) >= 11 is 0. The predicted octanol–water partition coefficient (Wildman–Crippen LogP) is 3.68. The highest BCUT2D eigenvalue weighted by Gasteiger charge is 2.22. The van der Waals surface area contributed by atoms with E-state index in [1.165, 1.54) is 18.2 Å². The van der Waals surface area contributed by atoms with E-state index in [0.717, 1.165) is 30.5 Å². The van der Waals surface area contributed by atoms with Crippen LogP contribution in [0.15, 0.2) is 36.4 Å². The number of aryl methyl sites for hydroxylation is 3. The zero-order valence-electron chi connectivity index (χ0n) is 15.3. The monoisotopic (exact) mass is 353 g/mol. The highest BCUT2D eigenvalue weighted by atomic mass is 16.5. The van der Waals surface area contributed by atoms with Crippen LogP contribution < -0.4 is 10.1 Å². The van der Waals surface area contributed by atoms with Gasteiger partial charge in [0.05, 0.1) is 7.11 Å². The molecular formula is C21H23NO4. The minimum absolute atomic E-state index is 0.310. The zero-order valence-corrected chi connectivity index (χ0v) is 15.3. The Morgan fingerprint density at radius 2 is 1.85 bits per heavy atom. The summed E-state index contributed by atoms with van der Waals surface area (Å²) in [6.45, 7) is 3.43. The standard InChI is InChI=1S/C21H23NO4/c1-13-7-10-19(25-3)18(11-13)21(24)26-14(2)20(23)22-17-9-8-15-5-4-6-16(15)12-17/h7-12,14H,4-6H2,1-3H3,(H,22,23)/t14-/m0/s1. The Morgan fingerprint density at radius 1 is 1.08 bits per heavy atom. The molecule has 0 heterocycles. The Balaban J connectivity index is 1.66. The van der Waals surface area contributed by atoms with Gasteiger partial charge in [-0.1, -0.05) is 17.7 Å². The SMILES string of the molecule is COc1ccc(C)cc1C(=O)O[C@@H](C)C(=O)Nc1ccc2c(c1)CCC2. The molecule has 0 spiro atoms. The third kappa shape index (κ3) is 3.87. The number of esters is 1. The Labute approximate surface area is 153 Å². The van der Waals surface area contributed by atoms with Crippen LogP contribution in [0.5, 0.6) is 5.75 Å². The molecule has 136 valence electrons. The first-order valence-electron chi connectivity index (χ1n) is 8.76. The molecule has 0 aliphatic heterocycles. The number of fused-ring (bicyclic) bond motifs is 1. The van der Waals surface area contributed by atoms with Gasteiger partial charge in [-0.2, -0.15) is 0 Å². The van der Waals surface area contributed by atoms with Crippen LogP contribution in [0.1, 0.15) is 40.4 Å². The summed E-state index contributed by atoms with van der Waals surface area (Å²) in [6, 6.07) is 11.2. The molecule has 5 nitrogen and oxygen atoms in total. The molecule has 1 N–H and O–H groups in total. The molecule has 2 aromatic carbocycles. The van der Waals surface area contributed by atoms with Gasteiger partial charge in [0.25, 0.3) is 5.91 Å². The van der Waals surface area contributed by atoms with Crippen molar-refractivity contribution >= 4 is 17.6 Å². The lowest BCUT2D eigenvalue weighted by molar-refractivity contribution is -0.123. The molecule has 5 heteroatoms. The Kier molecular flexibility index (Phi) is 5.26. The number of hydrogen-bond acceptors (Lipinski definition) is 4.